The molecule has 0 bridgehead atoms. The maximum Gasteiger partial charge on any atom is 0.248 e. The molecular formula is C18H30N4O3. The van der Waals surface area contributed by atoms with Crippen molar-refractivity contribution in [2.24, 2.45) is 12.5 Å². The maximum atomic E-state index is 11.5. The first-order valence-corrected chi connectivity index (χ1v) is 9.05. The summed E-state index contributed by atoms with van der Waals surface area (Å²) in [4.78, 5) is 15.6. The zero-order valence-corrected chi connectivity index (χ0v) is 15.6. The van der Waals surface area contributed by atoms with E-state index in [9.17, 15) is 4.79 Å². The standard InChI is InChI=1S/C18H30N4O3/c1-20(2)17(23)13-24-12-16-8-18(14-25-16)4-6-22(7-5-18)11-15-9-19-21(3)10-15/h9-10,16H,4-8,11-14H2,1-3H3/t16-/m1/s1. The Morgan fingerprint density at radius 3 is 2.84 bits per heavy atom. The number of carbonyl (C=O) groups is 1. The van der Waals surface area contributed by atoms with Crippen LogP contribution in [-0.4, -0.2) is 78.6 Å². The average Bonchev–Trinajstić information content (AvgIpc) is 3.16. The second-order valence-corrected chi connectivity index (χ2v) is 7.74. The third kappa shape index (κ3) is 4.80. The highest BCUT2D eigenvalue weighted by atomic mass is 16.5. The maximum absolute atomic E-state index is 11.5. The molecule has 2 aliphatic rings. The van der Waals surface area contributed by atoms with Crippen LogP contribution in [-0.2, 0) is 27.9 Å². The molecule has 25 heavy (non-hydrogen) atoms. The Bertz CT molecular complexity index is 579. The van der Waals surface area contributed by atoms with Crippen LogP contribution in [0, 0.1) is 5.41 Å². The van der Waals surface area contributed by atoms with Crippen molar-refractivity contribution in [1.29, 1.82) is 0 Å². The first-order valence-electron chi connectivity index (χ1n) is 9.05. The lowest BCUT2D eigenvalue weighted by Crippen LogP contribution is -2.40. The van der Waals surface area contributed by atoms with Crippen LogP contribution in [0.1, 0.15) is 24.8 Å². The largest absolute Gasteiger partial charge is 0.375 e. The summed E-state index contributed by atoms with van der Waals surface area (Å²) in [5, 5.41) is 4.24. The number of hydrogen-bond donors (Lipinski definition) is 0. The number of likely N-dealkylation sites (N-methyl/N-ethyl adjacent to an activating group) is 1. The van der Waals surface area contributed by atoms with Gasteiger partial charge in [0.1, 0.15) is 6.61 Å². The smallest absolute Gasteiger partial charge is 0.248 e. The van der Waals surface area contributed by atoms with Gasteiger partial charge in [-0.2, -0.15) is 5.10 Å². The van der Waals surface area contributed by atoms with E-state index in [1.54, 1.807) is 19.0 Å². The van der Waals surface area contributed by atoms with Crippen LogP contribution in [0.3, 0.4) is 0 Å². The molecule has 3 rings (SSSR count). The molecule has 2 fully saturated rings. The number of piperidine rings is 1. The number of aromatic nitrogens is 2. The van der Waals surface area contributed by atoms with Gasteiger partial charge in [-0.05, 0) is 37.8 Å². The monoisotopic (exact) mass is 350 g/mol. The Labute approximate surface area is 149 Å². The van der Waals surface area contributed by atoms with Gasteiger partial charge in [-0.25, -0.2) is 0 Å². The number of rotatable bonds is 6. The zero-order chi connectivity index (χ0) is 17.9. The van der Waals surface area contributed by atoms with E-state index < -0.39 is 0 Å². The number of nitrogens with zero attached hydrogens (tertiary/aromatic N) is 4. The van der Waals surface area contributed by atoms with E-state index in [0.29, 0.717) is 12.0 Å². The minimum absolute atomic E-state index is 0.00331. The molecule has 1 atom stereocenters. The highest BCUT2D eigenvalue weighted by Crippen LogP contribution is 2.42. The van der Waals surface area contributed by atoms with Crippen molar-refractivity contribution in [2.45, 2.75) is 31.9 Å². The molecule has 3 heterocycles. The molecule has 0 unspecified atom stereocenters. The second-order valence-electron chi connectivity index (χ2n) is 7.74. The van der Waals surface area contributed by atoms with Crippen molar-refractivity contribution < 1.29 is 14.3 Å². The second kappa shape index (κ2) is 7.85. The van der Waals surface area contributed by atoms with E-state index in [2.05, 4.69) is 16.2 Å². The molecule has 2 aliphatic heterocycles. The van der Waals surface area contributed by atoms with Crippen LogP contribution in [0.4, 0.5) is 0 Å². The number of likely N-dealkylation sites (tertiary alicyclic amines) is 1. The lowest BCUT2D eigenvalue weighted by molar-refractivity contribution is -0.134. The fourth-order valence-electron chi connectivity index (χ4n) is 3.75. The van der Waals surface area contributed by atoms with Gasteiger partial charge in [0.2, 0.25) is 5.91 Å². The summed E-state index contributed by atoms with van der Waals surface area (Å²) in [6.07, 6.45) is 7.54. The molecule has 7 heteroatoms. The van der Waals surface area contributed by atoms with E-state index in [1.165, 1.54) is 18.4 Å². The van der Waals surface area contributed by atoms with Gasteiger partial charge in [-0.1, -0.05) is 0 Å². The minimum Gasteiger partial charge on any atom is -0.375 e. The fraction of sp³-hybridized carbons (Fsp3) is 0.778. The first-order chi connectivity index (χ1) is 12.0. The molecule has 1 spiro atoms. The van der Waals surface area contributed by atoms with Crippen LogP contribution >= 0.6 is 0 Å². The highest BCUT2D eigenvalue weighted by molar-refractivity contribution is 5.76. The van der Waals surface area contributed by atoms with Crippen molar-refractivity contribution in [3.63, 3.8) is 0 Å². The predicted octanol–water partition coefficient (Wildman–Crippen LogP) is 0.896. The molecular weight excluding hydrogens is 320 g/mol. The fourth-order valence-corrected chi connectivity index (χ4v) is 3.75. The van der Waals surface area contributed by atoms with Gasteiger partial charge in [-0.15, -0.1) is 0 Å². The normalized spacial score (nSPS) is 23.2. The Morgan fingerprint density at radius 2 is 2.20 bits per heavy atom. The third-order valence-corrected chi connectivity index (χ3v) is 5.40. The van der Waals surface area contributed by atoms with E-state index in [4.69, 9.17) is 9.47 Å². The SMILES string of the molecule is CN(C)C(=O)COC[C@H]1CC2(CCN(Cc3cnn(C)c3)CC2)CO1. The molecule has 7 nitrogen and oxygen atoms in total. The molecule has 1 aromatic rings. The summed E-state index contributed by atoms with van der Waals surface area (Å²) in [6.45, 7) is 4.66. The number of hydrogen-bond acceptors (Lipinski definition) is 5. The van der Waals surface area contributed by atoms with Crippen LogP contribution in [0.15, 0.2) is 12.4 Å². The van der Waals surface area contributed by atoms with Crippen LogP contribution < -0.4 is 0 Å². The van der Waals surface area contributed by atoms with Crippen molar-refractivity contribution >= 4 is 5.91 Å². The molecule has 0 radical (unpaired) electrons. The highest BCUT2D eigenvalue weighted by Gasteiger charge is 2.42. The molecule has 0 aromatic carbocycles. The molecule has 1 amide bonds. The van der Waals surface area contributed by atoms with E-state index in [0.717, 1.165) is 32.7 Å². The van der Waals surface area contributed by atoms with Crippen molar-refractivity contribution in [3.05, 3.63) is 18.0 Å². The Hall–Kier alpha value is -1.44. The Balaban J connectivity index is 1.39. The average molecular weight is 350 g/mol. The number of ether oxygens (including phenoxy) is 2. The Morgan fingerprint density at radius 1 is 1.44 bits per heavy atom. The molecule has 0 N–H and O–H groups in total. The van der Waals surface area contributed by atoms with Crippen molar-refractivity contribution in [2.75, 3.05) is 47.0 Å². The van der Waals surface area contributed by atoms with Gasteiger partial charge < -0.3 is 14.4 Å². The lowest BCUT2D eigenvalue weighted by Gasteiger charge is -2.38. The quantitative estimate of drug-likeness (QED) is 0.763. The minimum atomic E-state index is -0.00331. The predicted molar refractivity (Wildman–Crippen MR) is 94.0 cm³/mol. The van der Waals surface area contributed by atoms with Gasteiger partial charge in [-0.3, -0.25) is 14.4 Å². The van der Waals surface area contributed by atoms with Crippen molar-refractivity contribution in [3.8, 4) is 0 Å². The van der Waals surface area contributed by atoms with Gasteiger partial charge in [0.25, 0.3) is 0 Å². The summed E-state index contributed by atoms with van der Waals surface area (Å²) < 4.78 is 13.4. The molecule has 140 valence electrons. The molecule has 2 saturated heterocycles. The third-order valence-electron chi connectivity index (χ3n) is 5.40. The number of carbonyl (C=O) groups excluding carboxylic acids is 1. The summed E-state index contributed by atoms with van der Waals surface area (Å²) in [5.41, 5.74) is 1.57. The van der Waals surface area contributed by atoms with Crippen molar-refractivity contribution in [1.82, 2.24) is 19.6 Å². The topological polar surface area (TPSA) is 59.8 Å². The van der Waals surface area contributed by atoms with E-state index in [-0.39, 0.29) is 18.6 Å². The molecule has 0 saturated carbocycles. The summed E-state index contributed by atoms with van der Waals surface area (Å²) >= 11 is 0. The number of amides is 1. The summed E-state index contributed by atoms with van der Waals surface area (Å²) in [5.74, 6) is -0.00331. The summed E-state index contributed by atoms with van der Waals surface area (Å²) in [7, 11) is 5.44. The van der Waals surface area contributed by atoms with Crippen LogP contribution in [0.2, 0.25) is 0 Å². The van der Waals surface area contributed by atoms with Gasteiger partial charge in [0.05, 0.1) is 25.5 Å². The van der Waals surface area contributed by atoms with Gasteiger partial charge >= 0.3 is 0 Å². The summed E-state index contributed by atoms with van der Waals surface area (Å²) in [6, 6.07) is 0. The Kier molecular flexibility index (Phi) is 5.76. The number of aryl methyl sites for hydroxylation is 1. The molecule has 0 aliphatic carbocycles. The molecule has 1 aromatic heterocycles. The lowest BCUT2D eigenvalue weighted by atomic mass is 9.76. The first kappa shape index (κ1) is 18.4. The van der Waals surface area contributed by atoms with E-state index in [1.807, 2.05) is 17.9 Å². The van der Waals surface area contributed by atoms with Gasteiger partial charge in [0.15, 0.2) is 0 Å². The van der Waals surface area contributed by atoms with Crippen LogP contribution in [0.25, 0.3) is 0 Å². The van der Waals surface area contributed by atoms with Gasteiger partial charge in [0, 0.05) is 39.4 Å². The zero-order valence-electron chi connectivity index (χ0n) is 15.6. The van der Waals surface area contributed by atoms with Crippen LogP contribution in [0.5, 0.6) is 0 Å². The van der Waals surface area contributed by atoms with E-state index >= 15 is 0 Å².